The van der Waals surface area contributed by atoms with E-state index < -0.39 is 0 Å². The lowest BCUT2D eigenvalue weighted by Crippen LogP contribution is -1.92. The topological polar surface area (TPSA) is 56.4 Å². The molecule has 1 aliphatic heterocycles. The number of fused-ring (bicyclic) bond motifs is 4. The number of aromatic nitrogens is 2. The maximum Gasteiger partial charge on any atom is 0.231 e. The predicted molar refractivity (Wildman–Crippen MR) is 91.7 cm³/mol. The molecule has 0 saturated carbocycles. The first-order valence-corrected chi connectivity index (χ1v) is 7.68. The summed E-state index contributed by atoms with van der Waals surface area (Å²) < 4.78 is 16.2. The number of rotatable bonds is 2. The highest BCUT2D eigenvalue weighted by atomic mass is 16.7. The quantitative estimate of drug-likeness (QED) is 0.604. The minimum Gasteiger partial charge on any atom is -0.497 e. The molecular weight excluding hydrogens is 304 g/mol. The molecule has 3 heterocycles. The maximum atomic E-state index is 5.49. The second kappa shape index (κ2) is 4.89. The van der Waals surface area contributed by atoms with Gasteiger partial charge in [-0.2, -0.15) is 0 Å². The van der Waals surface area contributed by atoms with E-state index in [1.807, 2.05) is 48.7 Å². The third-order valence-corrected chi connectivity index (χ3v) is 4.37. The van der Waals surface area contributed by atoms with Gasteiger partial charge >= 0.3 is 0 Å². The van der Waals surface area contributed by atoms with Gasteiger partial charge in [0.1, 0.15) is 5.75 Å². The van der Waals surface area contributed by atoms with Crippen LogP contribution in [0.4, 0.5) is 0 Å². The number of methoxy groups -OCH3 is 1. The Morgan fingerprint density at radius 1 is 1.00 bits per heavy atom. The minimum atomic E-state index is 0.266. The van der Waals surface area contributed by atoms with Crippen molar-refractivity contribution in [1.82, 2.24) is 9.97 Å². The number of hydrogen-bond acceptors (Lipinski definition) is 4. The molecule has 0 unspecified atom stereocenters. The summed E-state index contributed by atoms with van der Waals surface area (Å²) in [5.74, 6) is 2.36. The summed E-state index contributed by atoms with van der Waals surface area (Å²) >= 11 is 0. The summed E-state index contributed by atoms with van der Waals surface area (Å²) in [6, 6.07) is 13.9. The van der Waals surface area contributed by atoms with Gasteiger partial charge < -0.3 is 19.2 Å². The van der Waals surface area contributed by atoms with E-state index in [-0.39, 0.29) is 6.79 Å². The van der Waals surface area contributed by atoms with Gasteiger partial charge in [0.15, 0.2) is 11.5 Å². The van der Waals surface area contributed by atoms with E-state index in [1.165, 1.54) is 0 Å². The molecule has 0 atom stereocenters. The lowest BCUT2D eigenvalue weighted by Gasteiger charge is -2.04. The largest absolute Gasteiger partial charge is 0.497 e. The monoisotopic (exact) mass is 318 g/mol. The van der Waals surface area contributed by atoms with Crippen molar-refractivity contribution in [2.45, 2.75) is 0 Å². The van der Waals surface area contributed by atoms with Crippen LogP contribution < -0.4 is 14.2 Å². The molecule has 24 heavy (non-hydrogen) atoms. The Balaban J connectivity index is 1.77. The van der Waals surface area contributed by atoms with Crippen molar-refractivity contribution in [3.63, 3.8) is 0 Å². The fourth-order valence-corrected chi connectivity index (χ4v) is 3.19. The van der Waals surface area contributed by atoms with Crippen LogP contribution in [0.3, 0.4) is 0 Å². The van der Waals surface area contributed by atoms with Crippen LogP contribution in [0, 0.1) is 0 Å². The van der Waals surface area contributed by atoms with Crippen LogP contribution in [0.1, 0.15) is 0 Å². The number of aromatic amines is 1. The Kier molecular flexibility index (Phi) is 2.70. The molecule has 0 aliphatic carbocycles. The first-order valence-electron chi connectivity index (χ1n) is 7.68. The molecular formula is C19H14N2O3. The molecule has 5 heteroatoms. The Morgan fingerprint density at radius 3 is 2.83 bits per heavy atom. The van der Waals surface area contributed by atoms with Gasteiger partial charge in [-0.25, -0.2) is 0 Å². The van der Waals surface area contributed by atoms with Crippen LogP contribution >= 0.6 is 0 Å². The molecule has 5 rings (SSSR count). The summed E-state index contributed by atoms with van der Waals surface area (Å²) in [7, 11) is 1.68. The summed E-state index contributed by atoms with van der Waals surface area (Å²) in [5.41, 5.74) is 3.93. The molecule has 0 bridgehead atoms. The number of nitrogens with one attached hydrogen (secondary N) is 1. The number of pyridine rings is 1. The van der Waals surface area contributed by atoms with Crippen LogP contribution in [-0.4, -0.2) is 23.9 Å². The second-order valence-electron chi connectivity index (χ2n) is 5.69. The molecule has 2 aromatic carbocycles. The van der Waals surface area contributed by atoms with E-state index in [9.17, 15) is 0 Å². The van der Waals surface area contributed by atoms with Gasteiger partial charge in [-0.05, 0) is 42.5 Å². The standard InChI is InChI=1S/C19H14N2O3/c1-22-12-3-4-15-14(9-12)13-6-7-20-18(19(13)21-15)11-2-5-16-17(8-11)24-10-23-16/h2-9,21H,10H2,1H3. The number of nitrogens with zero attached hydrogens (tertiary/aromatic N) is 1. The van der Waals surface area contributed by atoms with Gasteiger partial charge in [-0.15, -0.1) is 0 Å². The summed E-state index contributed by atoms with van der Waals surface area (Å²) in [4.78, 5) is 8.06. The fourth-order valence-electron chi connectivity index (χ4n) is 3.19. The third-order valence-electron chi connectivity index (χ3n) is 4.37. The molecule has 2 aromatic heterocycles. The number of ether oxygens (including phenoxy) is 3. The van der Waals surface area contributed by atoms with Crippen molar-refractivity contribution < 1.29 is 14.2 Å². The summed E-state index contributed by atoms with van der Waals surface area (Å²) in [6.45, 7) is 0.266. The zero-order chi connectivity index (χ0) is 16.1. The highest BCUT2D eigenvalue weighted by molar-refractivity contribution is 6.11. The summed E-state index contributed by atoms with van der Waals surface area (Å²) in [6.07, 6.45) is 1.83. The Bertz CT molecular complexity index is 1080. The molecule has 4 aromatic rings. The van der Waals surface area contributed by atoms with Crippen molar-refractivity contribution in [3.05, 3.63) is 48.7 Å². The lowest BCUT2D eigenvalue weighted by atomic mass is 10.1. The minimum absolute atomic E-state index is 0.266. The Hall–Kier alpha value is -3.21. The highest BCUT2D eigenvalue weighted by Gasteiger charge is 2.17. The SMILES string of the molecule is COc1ccc2[nH]c3c(-c4ccc5c(c4)OCO5)nccc3c2c1. The van der Waals surface area contributed by atoms with Crippen LogP contribution in [0.25, 0.3) is 33.1 Å². The molecule has 0 saturated heterocycles. The van der Waals surface area contributed by atoms with Crippen LogP contribution in [-0.2, 0) is 0 Å². The van der Waals surface area contributed by atoms with Gasteiger partial charge in [-0.3, -0.25) is 4.98 Å². The van der Waals surface area contributed by atoms with E-state index in [0.29, 0.717) is 0 Å². The van der Waals surface area contributed by atoms with Gasteiger partial charge in [0, 0.05) is 28.0 Å². The maximum absolute atomic E-state index is 5.49. The highest BCUT2D eigenvalue weighted by Crippen LogP contribution is 2.38. The van der Waals surface area contributed by atoms with Crippen molar-refractivity contribution >= 4 is 21.8 Å². The van der Waals surface area contributed by atoms with E-state index in [2.05, 4.69) is 9.97 Å². The van der Waals surface area contributed by atoms with Crippen LogP contribution in [0.15, 0.2) is 48.7 Å². The first-order chi connectivity index (χ1) is 11.8. The zero-order valence-electron chi connectivity index (χ0n) is 13.0. The van der Waals surface area contributed by atoms with E-state index in [4.69, 9.17) is 14.2 Å². The first kappa shape index (κ1) is 13.2. The van der Waals surface area contributed by atoms with Gasteiger partial charge in [0.2, 0.25) is 6.79 Å². The van der Waals surface area contributed by atoms with E-state index in [0.717, 1.165) is 50.3 Å². The molecule has 0 spiro atoms. The lowest BCUT2D eigenvalue weighted by molar-refractivity contribution is 0.174. The molecule has 0 fully saturated rings. The average Bonchev–Trinajstić information content (AvgIpc) is 3.24. The summed E-state index contributed by atoms with van der Waals surface area (Å²) in [5, 5.41) is 2.24. The average molecular weight is 318 g/mol. The van der Waals surface area contributed by atoms with Crippen molar-refractivity contribution in [2.24, 2.45) is 0 Å². The zero-order valence-corrected chi connectivity index (χ0v) is 13.0. The Labute approximate surface area is 137 Å². The van der Waals surface area contributed by atoms with Crippen molar-refractivity contribution in [1.29, 1.82) is 0 Å². The normalized spacial score (nSPS) is 12.9. The molecule has 1 N–H and O–H groups in total. The van der Waals surface area contributed by atoms with E-state index >= 15 is 0 Å². The predicted octanol–water partition coefficient (Wildman–Crippen LogP) is 4.12. The van der Waals surface area contributed by atoms with E-state index in [1.54, 1.807) is 7.11 Å². The van der Waals surface area contributed by atoms with Gasteiger partial charge in [0.05, 0.1) is 18.3 Å². The third kappa shape index (κ3) is 1.84. The van der Waals surface area contributed by atoms with Crippen molar-refractivity contribution in [2.75, 3.05) is 13.9 Å². The molecule has 1 aliphatic rings. The molecule has 5 nitrogen and oxygen atoms in total. The molecule has 118 valence electrons. The van der Waals surface area contributed by atoms with Crippen LogP contribution in [0.5, 0.6) is 17.2 Å². The van der Waals surface area contributed by atoms with Gasteiger partial charge in [-0.1, -0.05) is 0 Å². The Morgan fingerprint density at radius 2 is 1.92 bits per heavy atom. The molecule has 0 radical (unpaired) electrons. The van der Waals surface area contributed by atoms with Crippen molar-refractivity contribution in [3.8, 4) is 28.5 Å². The number of hydrogen-bond donors (Lipinski definition) is 1. The smallest absolute Gasteiger partial charge is 0.231 e. The van der Waals surface area contributed by atoms with Crippen LogP contribution in [0.2, 0.25) is 0 Å². The number of H-pyrrole nitrogens is 1. The molecule has 0 amide bonds. The van der Waals surface area contributed by atoms with Gasteiger partial charge in [0.25, 0.3) is 0 Å². The second-order valence-corrected chi connectivity index (χ2v) is 5.69. The fraction of sp³-hybridized carbons (Fsp3) is 0.105. The number of benzene rings is 2.